The maximum Gasteiger partial charge on any atom is 0.316 e. The molecular weight excluding hydrogens is 232 g/mol. The van der Waals surface area contributed by atoms with Crippen molar-refractivity contribution < 1.29 is 9.53 Å². The molecule has 0 aromatic carbocycles. The second kappa shape index (κ2) is 5.13. The first-order valence-electron chi connectivity index (χ1n) is 5.27. The van der Waals surface area contributed by atoms with Gasteiger partial charge in [0.25, 0.3) is 0 Å². The Balaban J connectivity index is 2.11. The number of hydrogen-bond donors (Lipinski definition) is 2. The zero-order valence-corrected chi connectivity index (χ0v) is 9.75. The third-order valence-electron chi connectivity index (χ3n) is 2.18. The molecule has 0 fully saturated rings. The number of primary amides is 1. The molecule has 0 radical (unpaired) electrons. The zero-order valence-electron chi connectivity index (χ0n) is 9.75. The maximum absolute atomic E-state index is 10.6. The van der Waals surface area contributed by atoms with Crippen molar-refractivity contribution in [3.8, 4) is 11.6 Å². The van der Waals surface area contributed by atoms with Crippen LogP contribution < -0.4 is 15.8 Å². The van der Waals surface area contributed by atoms with Crippen molar-refractivity contribution in [2.24, 2.45) is 5.73 Å². The van der Waals surface area contributed by atoms with Crippen LogP contribution in [0.1, 0.15) is 5.69 Å². The van der Waals surface area contributed by atoms with Gasteiger partial charge in [0.15, 0.2) is 5.75 Å². The van der Waals surface area contributed by atoms with Crippen molar-refractivity contribution in [3.05, 3.63) is 42.4 Å². The summed E-state index contributed by atoms with van der Waals surface area (Å²) in [7, 11) is 0. The number of pyridine rings is 2. The van der Waals surface area contributed by atoms with Gasteiger partial charge in [0, 0.05) is 12.3 Å². The van der Waals surface area contributed by atoms with Crippen molar-refractivity contribution in [3.63, 3.8) is 0 Å². The molecule has 0 bridgehead atoms. The van der Waals surface area contributed by atoms with E-state index in [4.69, 9.17) is 10.5 Å². The highest BCUT2D eigenvalue weighted by molar-refractivity contribution is 5.87. The molecule has 0 saturated carbocycles. The maximum atomic E-state index is 10.6. The molecule has 2 heterocycles. The standard InChI is InChI=1S/C12H12N4O2/c1-8-10(3-2-6-14-8)18-11-5-4-9(7-15-11)16-12(13)17/h2-7H,1H3,(H3,13,16,17). The fourth-order valence-electron chi connectivity index (χ4n) is 1.35. The number of nitrogens with two attached hydrogens (primary N) is 1. The second-order valence-electron chi connectivity index (χ2n) is 3.56. The van der Waals surface area contributed by atoms with E-state index in [9.17, 15) is 4.79 Å². The molecule has 2 aromatic heterocycles. The van der Waals surface area contributed by atoms with E-state index in [-0.39, 0.29) is 0 Å². The lowest BCUT2D eigenvalue weighted by molar-refractivity contribution is 0.259. The Morgan fingerprint density at radius 1 is 1.33 bits per heavy atom. The third-order valence-corrected chi connectivity index (χ3v) is 2.18. The molecule has 2 rings (SSSR count). The topological polar surface area (TPSA) is 90.1 Å². The summed E-state index contributed by atoms with van der Waals surface area (Å²) in [6.45, 7) is 1.85. The largest absolute Gasteiger partial charge is 0.437 e. The van der Waals surface area contributed by atoms with E-state index in [1.807, 2.05) is 6.92 Å². The highest BCUT2D eigenvalue weighted by Crippen LogP contribution is 2.22. The molecule has 0 aliphatic carbocycles. The number of hydrogen-bond acceptors (Lipinski definition) is 4. The Hall–Kier alpha value is -2.63. The van der Waals surface area contributed by atoms with Gasteiger partial charge >= 0.3 is 6.03 Å². The van der Waals surface area contributed by atoms with Crippen LogP contribution >= 0.6 is 0 Å². The van der Waals surface area contributed by atoms with E-state index in [2.05, 4.69) is 15.3 Å². The van der Waals surface area contributed by atoms with Gasteiger partial charge in [-0.05, 0) is 25.1 Å². The average Bonchev–Trinajstić information content (AvgIpc) is 2.34. The summed E-state index contributed by atoms with van der Waals surface area (Å²) >= 11 is 0. The van der Waals surface area contributed by atoms with Crippen LogP contribution in [-0.4, -0.2) is 16.0 Å². The molecule has 0 saturated heterocycles. The van der Waals surface area contributed by atoms with Crippen LogP contribution in [0.25, 0.3) is 0 Å². The first kappa shape index (κ1) is 11.8. The van der Waals surface area contributed by atoms with E-state index in [0.29, 0.717) is 17.3 Å². The summed E-state index contributed by atoms with van der Waals surface area (Å²) in [6.07, 6.45) is 3.15. The Morgan fingerprint density at radius 3 is 2.78 bits per heavy atom. The van der Waals surface area contributed by atoms with Crippen LogP contribution in [0.15, 0.2) is 36.7 Å². The fourth-order valence-corrected chi connectivity index (χ4v) is 1.35. The van der Waals surface area contributed by atoms with Gasteiger partial charge in [-0.3, -0.25) is 4.98 Å². The quantitative estimate of drug-likeness (QED) is 0.864. The van der Waals surface area contributed by atoms with E-state index in [1.54, 1.807) is 30.5 Å². The Labute approximate surface area is 104 Å². The highest BCUT2D eigenvalue weighted by atomic mass is 16.5. The van der Waals surface area contributed by atoms with Crippen LogP contribution in [0.5, 0.6) is 11.6 Å². The zero-order chi connectivity index (χ0) is 13.0. The van der Waals surface area contributed by atoms with Crippen LogP contribution in [-0.2, 0) is 0 Å². The molecule has 0 spiro atoms. The van der Waals surface area contributed by atoms with Gasteiger partial charge in [0.1, 0.15) is 0 Å². The van der Waals surface area contributed by atoms with Crippen molar-refractivity contribution in [2.75, 3.05) is 5.32 Å². The SMILES string of the molecule is Cc1ncccc1Oc1ccc(NC(N)=O)cn1. The summed E-state index contributed by atoms with van der Waals surface area (Å²) in [4.78, 5) is 18.8. The molecule has 0 aliphatic heterocycles. The van der Waals surface area contributed by atoms with E-state index in [0.717, 1.165) is 5.69 Å². The minimum absolute atomic E-state index is 0.418. The molecule has 18 heavy (non-hydrogen) atoms. The van der Waals surface area contributed by atoms with Gasteiger partial charge < -0.3 is 15.8 Å². The molecule has 3 N–H and O–H groups in total. The number of ether oxygens (including phenoxy) is 1. The number of nitrogens with zero attached hydrogens (tertiary/aromatic N) is 2. The van der Waals surface area contributed by atoms with Crippen LogP contribution in [0, 0.1) is 6.92 Å². The number of carbonyl (C=O) groups is 1. The second-order valence-corrected chi connectivity index (χ2v) is 3.56. The van der Waals surface area contributed by atoms with Gasteiger partial charge in [-0.15, -0.1) is 0 Å². The van der Waals surface area contributed by atoms with E-state index in [1.165, 1.54) is 6.20 Å². The molecular formula is C12H12N4O2. The Morgan fingerprint density at radius 2 is 2.17 bits per heavy atom. The summed E-state index contributed by atoms with van der Waals surface area (Å²) in [5.41, 5.74) is 6.28. The summed E-state index contributed by atoms with van der Waals surface area (Å²) in [5.74, 6) is 1.06. The first-order valence-corrected chi connectivity index (χ1v) is 5.27. The third kappa shape index (κ3) is 2.94. The average molecular weight is 244 g/mol. The number of carbonyl (C=O) groups excluding carboxylic acids is 1. The van der Waals surface area contributed by atoms with Crippen LogP contribution in [0.4, 0.5) is 10.5 Å². The summed E-state index contributed by atoms with van der Waals surface area (Å²) in [6, 6.07) is 6.25. The van der Waals surface area contributed by atoms with Gasteiger partial charge in [-0.2, -0.15) is 0 Å². The number of aryl methyl sites for hydroxylation is 1. The highest BCUT2D eigenvalue weighted by Gasteiger charge is 2.03. The normalized spacial score (nSPS) is 9.83. The van der Waals surface area contributed by atoms with E-state index >= 15 is 0 Å². The monoisotopic (exact) mass is 244 g/mol. The van der Waals surface area contributed by atoms with E-state index < -0.39 is 6.03 Å². The van der Waals surface area contributed by atoms with Gasteiger partial charge in [0.05, 0.1) is 17.6 Å². The number of anilines is 1. The molecule has 0 unspecified atom stereocenters. The fraction of sp³-hybridized carbons (Fsp3) is 0.0833. The van der Waals surface area contributed by atoms with Gasteiger partial charge in [0.2, 0.25) is 5.88 Å². The van der Waals surface area contributed by atoms with Crippen molar-refractivity contribution in [1.82, 2.24) is 9.97 Å². The minimum atomic E-state index is -0.631. The molecule has 92 valence electrons. The van der Waals surface area contributed by atoms with Crippen molar-refractivity contribution in [1.29, 1.82) is 0 Å². The lowest BCUT2D eigenvalue weighted by atomic mass is 10.3. The summed E-state index contributed by atoms with van der Waals surface area (Å²) in [5, 5.41) is 2.42. The van der Waals surface area contributed by atoms with Gasteiger partial charge in [-0.25, -0.2) is 9.78 Å². The number of aromatic nitrogens is 2. The molecule has 6 nitrogen and oxygen atoms in total. The molecule has 6 heteroatoms. The first-order chi connectivity index (χ1) is 8.65. The molecule has 2 aromatic rings. The Bertz CT molecular complexity index is 554. The summed E-state index contributed by atoms with van der Waals surface area (Å²) < 4.78 is 5.55. The van der Waals surface area contributed by atoms with Crippen LogP contribution in [0.2, 0.25) is 0 Å². The molecule has 0 atom stereocenters. The number of nitrogens with one attached hydrogen (secondary N) is 1. The lowest BCUT2D eigenvalue weighted by Gasteiger charge is -2.07. The number of amides is 2. The van der Waals surface area contributed by atoms with Crippen molar-refractivity contribution >= 4 is 11.7 Å². The number of urea groups is 1. The number of rotatable bonds is 3. The molecule has 2 amide bonds. The van der Waals surface area contributed by atoms with Crippen LogP contribution in [0.3, 0.4) is 0 Å². The predicted octanol–water partition coefficient (Wildman–Crippen LogP) is 2.07. The van der Waals surface area contributed by atoms with Crippen molar-refractivity contribution in [2.45, 2.75) is 6.92 Å². The predicted molar refractivity (Wildman–Crippen MR) is 66.5 cm³/mol. The Kier molecular flexibility index (Phi) is 3.38. The van der Waals surface area contributed by atoms with Gasteiger partial charge in [-0.1, -0.05) is 0 Å². The molecule has 0 aliphatic rings. The smallest absolute Gasteiger partial charge is 0.316 e. The minimum Gasteiger partial charge on any atom is -0.437 e. The lowest BCUT2D eigenvalue weighted by Crippen LogP contribution is -2.19.